The van der Waals surface area contributed by atoms with Gasteiger partial charge in [-0.15, -0.1) is 12.4 Å². The van der Waals surface area contributed by atoms with E-state index in [0.29, 0.717) is 17.2 Å². The van der Waals surface area contributed by atoms with Crippen molar-refractivity contribution in [3.8, 4) is 11.5 Å². The molecule has 0 saturated carbocycles. The molecule has 1 aliphatic rings. The first-order valence-electron chi connectivity index (χ1n) is 11.3. The predicted octanol–water partition coefficient (Wildman–Crippen LogP) is 3.31. The fourth-order valence-electron chi connectivity index (χ4n) is 3.63. The van der Waals surface area contributed by atoms with Crippen LogP contribution in [0.2, 0.25) is 0 Å². The van der Waals surface area contributed by atoms with Crippen molar-refractivity contribution >= 4 is 34.1 Å². The SMILES string of the molecule is CC(C)(O)CNC(=O)NC1CCN(Cc2ccc(Oc3ccc(NS(C)(=O)=O)cc3)cc2)CC1.Cl. The van der Waals surface area contributed by atoms with Crippen molar-refractivity contribution < 1.29 is 23.1 Å². The number of piperidine rings is 1. The first-order chi connectivity index (χ1) is 15.9. The van der Waals surface area contributed by atoms with Crippen molar-refractivity contribution in [1.82, 2.24) is 15.5 Å². The third kappa shape index (κ3) is 10.7. The first kappa shape index (κ1) is 28.7. The molecule has 0 spiro atoms. The molecule has 194 valence electrons. The molecule has 9 nitrogen and oxygen atoms in total. The summed E-state index contributed by atoms with van der Waals surface area (Å²) in [5, 5.41) is 15.4. The van der Waals surface area contributed by atoms with Crippen molar-refractivity contribution in [1.29, 1.82) is 0 Å². The zero-order valence-electron chi connectivity index (χ0n) is 20.3. The Morgan fingerprint density at radius 3 is 2.11 bits per heavy atom. The number of likely N-dealkylation sites (tertiary alicyclic amines) is 1. The van der Waals surface area contributed by atoms with Crippen LogP contribution in [0.1, 0.15) is 32.3 Å². The summed E-state index contributed by atoms with van der Waals surface area (Å²) >= 11 is 0. The van der Waals surface area contributed by atoms with Gasteiger partial charge in [0.1, 0.15) is 11.5 Å². The van der Waals surface area contributed by atoms with E-state index in [0.717, 1.165) is 38.7 Å². The Bertz CT molecular complexity index is 1050. The number of hydrogen-bond donors (Lipinski definition) is 4. The van der Waals surface area contributed by atoms with Crippen LogP contribution in [0.15, 0.2) is 48.5 Å². The number of urea groups is 1. The number of anilines is 1. The maximum atomic E-state index is 12.0. The third-order valence-electron chi connectivity index (χ3n) is 5.33. The van der Waals surface area contributed by atoms with Gasteiger partial charge in [-0.1, -0.05) is 12.1 Å². The van der Waals surface area contributed by atoms with E-state index in [4.69, 9.17) is 4.74 Å². The van der Waals surface area contributed by atoms with Gasteiger partial charge in [-0.05, 0) is 68.7 Å². The van der Waals surface area contributed by atoms with Crippen molar-refractivity contribution in [3.05, 3.63) is 54.1 Å². The molecule has 2 amide bonds. The number of nitrogens with zero attached hydrogens (tertiary/aromatic N) is 1. The molecule has 3 rings (SSSR count). The second kappa shape index (κ2) is 12.4. The average molecular weight is 527 g/mol. The largest absolute Gasteiger partial charge is 0.457 e. The lowest BCUT2D eigenvalue weighted by Crippen LogP contribution is -2.50. The highest BCUT2D eigenvalue weighted by Gasteiger charge is 2.21. The summed E-state index contributed by atoms with van der Waals surface area (Å²) in [6.07, 6.45) is 2.86. The van der Waals surface area contributed by atoms with Crippen molar-refractivity contribution in [2.75, 3.05) is 30.6 Å². The molecule has 1 heterocycles. The van der Waals surface area contributed by atoms with E-state index in [1.807, 2.05) is 24.3 Å². The van der Waals surface area contributed by atoms with Crippen LogP contribution in [0, 0.1) is 0 Å². The van der Waals surface area contributed by atoms with Gasteiger partial charge >= 0.3 is 6.03 Å². The molecule has 0 bridgehead atoms. The van der Waals surface area contributed by atoms with E-state index >= 15 is 0 Å². The lowest BCUT2D eigenvalue weighted by atomic mass is 10.0. The zero-order valence-corrected chi connectivity index (χ0v) is 21.9. The quantitative estimate of drug-likeness (QED) is 0.398. The molecule has 11 heteroatoms. The minimum Gasteiger partial charge on any atom is -0.457 e. The normalized spacial score (nSPS) is 15.1. The standard InChI is InChI=1S/C24H34N4O5S.ClH/c1-24(2,30)17-25-23(29)26-19-12-14-28(15-13-19)16-18-4-8-21(9-5-18)33-22-10-6-20(7-11-22)27-34(3,31)32;/h4-11,19,27,30H,12-17H2,1-3H3,(H2,25,26,29);1H. The highest BCUT2D eigenvalue weighted by molar-refractivity contribution is 7.92. The molecular formula is C24H35ClN4O5S. The molecule has 2 aromatic carbocycles. The van der Waals surface area contributed by atoms with Crippen LogP contribution >= 0.6 is 12.4 Å². The number of hydrogen-bond acceptors (Lipinski definition) is 6. The summed E-state index contributed by atoms with van der Waals surface area (Å²) in [6, 6.07) is 14.5. The maximum Gasteiger partial charge on any atom is 0.315 e. The predicted molar refractivity (Wildman–Crippen MR) is 140 cm³/mol. The number of amides is 2. The van der Waals surface area contributed by atoms with Crippen LogP contribution in [-0.2, 0) is 16.6 Å². The Balaban J connectivity index is 0.00000432. The number of sulfonamides is 1. The summed E-state index contributed by atoms with van der Waals surface area (Å²) in [7, 11) is -3.31. The zero-order chi connectivity index (χ0) is 24.8. The van der Waals surface area contributed by atoms with Gasteiger partial charge < -0.3 is 20.5 Å². The Hall–Kier alpha value is -2.53. The second-order valence-electron chi connectivity index (χ2n) is 9.33. The second-order valence-corrected chi connectivity index (χ2v) is 11.1. The Morgan fingerprint density at radius 1 is 1.06 bits per heavy atom. The van der Waals surface area contributed by atoms with Gasteiger partial charge in [-0.3, -0.25) is 9.62 Å². The van der Waals surface area contributed by atoms with Crippen molar-refractivity contribution in [2.45, 2.75) is 44.9 Å². The summed E-state index contributed by atoms with van der Waals surface area (Å²) in [6.45, 7) is 6.13. The molecule has 0 atom stereocenters. The molecule has 1 fully saturated rings. The van der Waals surface area contributed by atoms with Crippen LogP contribution in [0.3, 0.4) is 0 Å². The number of carbonyl (C=O) groups is 1. The lowest BCUT2D eigenvalue weighted by molar-refractivity contribution is 0.0815. The minimum absolute atomic E-state index is 0. The van der Waals surface area contributed by atoms with Gasteiger partial charge in [0.05, 0.1) is 11.9 Å². The number of carbonyl (C=O) groups excluding carboxylic acids is 1. The Kier molecular flexibility index (Phi) is 10.2. The van der Waals surface area contributed by atoms with Crippen molar-refractivity contribution in [3.63, 3.8) is 0 Å². The van der Waals surface area contributed by atoms with Crippen LogP contribution in [-0.4, -0.2) is 62.0 Å². The fraction of sp³-hybridized carbons (Fsp3) is 0.458. The summed E-state index contributed by atoms with van der Waals surface area (Å²) in [5.74, 6) is 1.32. The summed E-state index contributed by atoms with van der Waals surface area (Å²) < 4.78 is 30.9. The van der Waals surface area contributed by atoms with Gasteiger partial charge in [0.15, 0.2) is 0 Å². The highest BCUT2D eigenvalue weighted by atomic mass is 35.5. The average Bonchev–Trinajstić information content (AvgIpc) is 2.75. The molecule has 0 aromatic heterocycles. The van der Waals surface area contributed by atoms with E-state index in [1.165, 1.54) is 5.56 Å². The van der Waals surface area contributed by atoms with E-state index in [9.17, 15) is 18.3 Å². The third-order valence-corrected chi connectivity index (χ3v) is 5.93. The van der Waals surface area contributed by atoms with E-state index in [2.05, 4.69) is 20.3 Å². The molecule has 1 aliphatic heterocycles. The van der Waals surface area contributed by atoms with Crippen LogP contribution in [0.4, 0.5) is 10.5 Å². The molecule has 2 aromatic rings. The summed E-state index contributed by atoms with van der Waals surface area (Å²) in [5.41, 5.74) is 0.733. The fourth-order valence-corrected chi connectivity index (χ4v) is 4.19. The van der Waals surface area contributed by atoms with Crippen LogP contribution < -0.4 is 20.1 Å². The Morgan fingerprint density at radius 2 is 1.60 bits per heavy atom. The van der Waals surface area contributed by atoms with Crippen LogP contribution in [0.5, 0.6) is 11.5 Å². The van der Waals surface area contributed by atoms with Gasteiger partial charge in [0, 0.05) is 37.9 Å². The number of nitrogens with one attached hydrogen (secondary N) is 3. The smallest absolute Gasteiger partial charge is 0.315 e. The first-order valence-corrected chi connectivity index (χ1v) is 13.2. The molecule has 4 N–H and O–H groups in total. The van der Waals surface area contributed by atoms with E-state index in [-0.39, 0.29) is 31.0 Å². The molecular weight excluding hydrogens is 492 g/mol. The molecule has 35 heavy (non-hydrogen) atoms. The van der Waals surface area contributed by atoms with E-state index in [1.54, 1.807) is 38.1 Å². The number of halogens is 1. The van der Waals surface area contributed by atoms with E-state index < -0.39 is 15.6 Å². The summed E-state index contributed by atoms with van der Waals surface area (Å²) in [4.78, 5) is 14.3. The maximum absolute atomic E-state index is 12.0. The highest BCUT2D eigenvalue weighted by Crippen LogP contribution is 2.24. The molecule has 0 unspecified atom stereocenters. The Labute approximate surface area is 213 Å². The number of rotatable bonds is 9. The van der Waals surface area contributed by atoms with Crippen molar-refractivity contribution in [2.24, 2.45) is 0 Å². The topological polar surface area (TPSA) is 120 Å². The monoisotopic (exact) mass is 526 g/mol. The minimum atomic E-state index is -3.31. The molecule has 0 radical (unpaired) electrons. The van der Waals surface area contributed by atoms with Gasteiger partial charge in [0.25, 0.3) is 0 Å². The molecule has 1 saturated heterocycles. The number of benzene rings is 2. The number of ether oxygens (including phenoxy) is 1. The van der Waals surface area contributed by atoms with Gasteiger partial charge in [-0.25, -0.2) is 13.2 Å². The number of aliphatic hydroxyl groups is 1. The van der Waals surface area contributed by atoms with Gasteiger partial charge in [-0.2, -0.15) is 0 Å². The van der Waals surface area contributed by atoms with Gasteiger partial charge in [0.2, 0.25) is 10.0 Å². The molecule has 0 aliphatic carbocycles. The van der Waals surface area contributed by atoms with Crippen LogP contribution in [0.25, 0.3) is 0 Å². The lowest BCUT2D eigenvalue weighted by Gasteiger charge is -2.32.